The third-order valence-corrected chi connectivity index (χ3v) is 8.05. The standard InChI is InChI=1S/C22H32N2O5S/c1-16-8-4-5-9-20(16)23-21(25)17(2)29-22(26)18-10-12-19(13-11-18)30(27,28)24-14-6-3-7-15-24/h10-13,16-17,20H,3-9,14-15H2,1-2H3,(H,23,25)/t16-,17+,20-/m0/s1. The highest BCUT2D eigenvalue weighted by molar-refractivity contribution is 7.89. The van der Waals surface area contributed by atoms with E-state index in [0.717, 1.165) is 38.5 Å². The summed E-state index contributed by atoms with van der Waals surface area (Å²) >= 11 is 0. The van der Waals surface area contributed by atoms with Crippen molar-refractivity contribution in [3.8, 4) is 0 Å². The molecule has 1 aliphatic carbocycles. The monoisotopic (exact) mass is 436 g/mol. The Morgan fingerprint density at radius 2 is 1.67 bits per heavy atom. The highest BCUT2D eigenvalue weighted by Gasteiger charge is 2.28. The van der Waals surface area contributed by atoms with Crippen molar-refractivity contribution in [2.75, 3.05) is 13.1 Å². The molecule has 1 N–H and O–H groups in total. The number of carbonyl (C=O) groups is 2. The molecule has 1 saturated heterocycles. The van der Waals surface area contributed by atoms with Gasteiger partial charge in [-0.1, -0.05) is 26.2 Å². The number of benzene rings is 1. The smallest absolute Gasteiger partial charge is 0.338 e. The molecule has 2 fully saturated rings. The molecule has 1 heterocycles. The molecule has 8 heteroatoms. The first-order valence-electron chi connectivity index (χ1n) is 10.9. The van der Waals surface area contributed by atoms with Gasteiger partial charge >= 0.3 is 5.97 Å². The number of nitrogens with zero attached hydrogens (tertiary/aromatic N) is 1. The Bertz CT molecular complexity index is 847. The van der Waals surface area contributed by atoms with E-state index in [1.165, 1.54) is 35.0 Å². The van der Waals surface area contributed by atoms with Gasteiger partial charge in [0.05, 0.1) is 10.5 Å². The maximum Gasteiger partial charge on any atom is 0.338 e. The van der Waals surface area contributed by atoms with Crippen molar-refractivity contribution in [2.45, 2.75) is 75.8 Å². The van der Waals surface area contributed by atoms with E-state index in [-0.39, 0.29) is 22.4 Å². The number of esters is 1. The summed E-state index contributed by atoms with van der Waals surface area (Å²) in [5, 5.41) is 2.99. The van der Waals surface area contributed by atoms with E-state index >= 15 is 0 Å². The van der Waals surface area contributed by atoms with Crippen molar-refractivity contribution in [2.24, 2.45) is 5.92 Å². The lowest BCUT2D eigenvalue weighted by Crippen LogP contribution is -2.45. The first kappa shape index (κ1) is 22.7. The van der Waals surface area contributed by atoms with Crippen LogP contribution >= 0.6 is 0 Å². The fraction of sp³-hybridized carbons (Fsp3) is 0.636. The number of ether oxygens (including phenoxy) is 1. The van der Waals surface area contributed by atoms with Crippen LogP contribution in [0, 0.1) is 5.92 Å². The minimum Gasteiger partial charge on any atom is -0.449 e. The van der Waals surface area contributed by atoms with Gasteiger partial charge in [-0.3, -0.25) is 4.79 Å². The molecule has 0 aromatic heterocycles. The van der Waals surface area contributed by atoms with E-state index in [9.17, 15) is 18.0 Å². The van der Waals surface area contributed by atoms with E-state index in [1.807, 2.05) is 0 Å². The molecule has 0 radical (unpaired) electrons. The molecule has 0 bridgehead atoms. The number of rotatable bonds is 6. The minimum atomic E-state index is -3.55. The minimum absolute atomic E-state index is 0.117. The number of amides is 1. The van der Waals surface area contributed by atoms with Crippen LogP contribution in [-0.2, 0) is 19.6 Å². The number of hydrogen-bond donors (Lipinski definition) is 1. The van der Waals surface area contributed by atoms with Crippen molar-refractivity contribution in [3.63, 3.8) is 0 Å². The van der Waals surface area contributed by atoms with Gasteiger partial charge in [0, 0.05) is 19.1 Å². The lowest BCUT2D eigenvalue weighted by atomic mass is 9.86. The maximum absolute atomic E-state index is 12.7. The summed E-state index contributed by atoms with van der Waals surface area (Å²) in [5.41, 5.74) is 0.221. The molecule has 2 aliphatic rings. The molecule has 1 saturated carbocycles. The van der Waals surface area contributed by atoms with E-state index in [1.54, 1.807) is 6.92 Å². The zero-order valence-corrected chi connectivity index (χ0v) is 18.6. The summed E-state index contributed by atoms with van der Waals surface area (Å²) in [6, 6.07) is 5.84. The van der Waals surface area contributed by atoms with Gasteiger partial charge in [-0.15, -0.1) is 0 Å². The van der Waals surface area contributed by atoms with Crippen LogP contribution in [-0.4, -0.2) is 49.8 Å². The third-order valence-electron chi connectivity index (χ3n) is 6.14. The Hall–Kier alpha value is -1.93. The van der Waals surface area contributed by atoms with Crippen LogP contribution in [0.5, 0.6) is 0 Å². The number of carbonyl (C=O) groups excluding carboxylic acids is 2. The van der Waals surface area contributed by atoms with Gasteiger partial charge in [0.2, 0.25) is 10.0 Å². The van der Waals surface area contributed by atoms with Crippen LogP contribution in [0.2, 0.25) is 0 Å². The highest BCUT2D eigenvalue weighted by Crippen LogP contribution is 2.24. The number of hydrogen-bond acceptors (Lipinski definition) is 5. The summed E-state index contributed by atoms with van der Waals surface area (Å²) in [6.45, 7) is 4.73. The molecule has 7 nitrogen and oxygen atoms in total. The van der Waals surface area contributed by atoms with Gasteiger partial charge in [0.25, 0.3) is 5.91 Å². The molecule has 166 valence electrons. The van der Waals surface area contributed by atoms with E-state index in [2.05, 4.69) is 12.2 Å². The fourth-order valence-electron chi connectivity index (χ4n) is 4.13. The van der Waals surface area contributed by atoms with Crippen LogP contribution < -0.4 is 5.32 Å². The van der Waals surface area contributed by atoms with Crippen LogP contribution in [0.25, 0.3) is 0 Å². The van der Waals surface area contributed by atoms with Crippen molar-refractivity contribution in [3.05, 3.63) is 29.8 Å². The Labute approximate surface area is 179 Å². The van der Waals surface area contributed by atoms with E-state index in [4.69, 9.17) is 4.74 Å². The largest absolute Gasteiger partial charge is 0.449 e. The van der Waals surface area contributed by atoms with Gasteiger partial charge in [-0.25, -0.2) is 13.2 Å². The van der Waals surface area contributed by atoms with Crippen molar-refractivity contribution < 1.29 is 22.7 Å². The Balaban J connectivity index is 1.58. The molecule has 0 unspecified atom stereocenters. The molecule has 1 amide bonds. The van der Waals surface area contributed by atoms with Gasteiger partial charge in [-0.05, 0) is 62.8 Å². The number of sulfonamides is 1. The maximum atomic E-state index is 12.7. The lowest BCUT2D eigenvalue weighted by molar-refractivity contribution is -0.130. The molecule has 1 aromatic carbocycles. The van der Waals surface area contributed by atoms with Crippen molar-refractivity contribution in [1.29, 1.82) is 0 Å². The predicted molar refractivity (Wildman–Crippen MR) is 113 cm³/mol. The second-order valence-electron chi connectivity index (χ2n) is 8.41. The summed E-state index contributed by atoms with van der Waals surface area (Å²) < 4.78 is 32.2. The lowest BCUT2D eigenvalue weighted by Gasteiger charge is -2.30. The third kappa shape index (κ3) is 5.40. The quantitative estimate of drug-likeness (QED) is 0.692. The van der Waals surface area contributed by atoms with Crippen LogP contribution in [0.4, 0.5) is 0 Å². The fourth-order valence-corrected chi connectivity index (χ4v) is 5.65. The van der Waals surface area contributed by atoms with Crippen LogP contribution in [0.3, 0.4) is 0 Å². The Morgan fingerprint density at radius 1 is 1.03 bits per heavy atom. The number of piperidine rings is 1. The van der Waals surface area contributed by atoms with Crippen molar-refractivity contribution in [1.82, 2.24) is 9.62 Å². The molecule has 0 spiro atoms. The molecular weight excluding hydrogens is 404 g/mol. The van der Waals surface area contributed by atoms with Crippen LogP contribution in [0.1, 0.15) is 69.2 Å². The topological polar surface area (TPSA) is 92.8 Å². The Morgan fingerprint density at radius 3 is 2.30 bits per heavy atom. The Kier molecular flexibility index (Phi) is 7.52. The van der Waals surface area contributed by atoms with Gasteiger partial charge in [0.1, 0.15) is 0 Å². The molecule has 30 heavy (non-hydrogen) atoms. The second-order valence-corrected chi connectivity index (χ2v) is 10.4. The molecule has 3 rings (SSSR count). The van der Waals surface area contributed by atoms with Gasteiger partial charge in [0.15, 0.2) is 6.10 Å². The molecule has 1 aliphatic heterocycles. The average molecular weight is 437 g/mol. The van der Waals surface area contributed by atoms with Gasteiger partial charge in [-0.2, -0.15) is 4.31 Å². The zero-order valence-electron chi connectivity index (χ0n) is 17.8. The normalized spacial score (nSPS) is 24.1. The summed E-state index contributed by atoms with van der Waals surface area (Å²) in [4.78, 5) is 25.0. The average Bonchev–Trinajstić information content (AvgIpc) is 2.76. The SMILES string of the molecule is C[C@@H](OC(=O)c1ccc(S(=O)(=O)N2CCCCC2)cc1)C(=O)N[C@H]1CCCC[C@@H]1C. The molecular formula is C22H32N2O5S. The van der Waals surface area contributed by atoms with Crippen LogP contribution in [0.15, 0.2) is 29.2 Å². The van der Waals surface area contributed by atoms with E-state index in [0.29, 0.717) is 19.0 Å². The first-order valence-corrected chi connectivity index (χ1v) is 12.3. The van der Waals surface area contributed by atoms with Crippen molar-refractivity contribution >= 4 is 21.9 Å². The molecule has 1 aromatic rings. The van der Waals surface area contributed by atoms with Gasteiger partial charge < -0.3 is 10.1 Å². The van der Waals surface area contributed by atoms with E-state index < -0.39 is 22.1 Å². The summed E-state index contributed by atoms with van der Waals surface area (Å²) in [5.74, 6) is -0.525. The zero-order chi connectivity index (χ0) is 21.7. The summed E-state index contributed by atoms with van der Waals surface area (Å²) in [7, 11) is -3.55. The summed E-state index contributed by atoms with van der Waals surface area (Å²) in [6.07, 6.45) is 6.17. The first-order chi connectivity index (χ1) is 14.3. The number of nitrogens with one attached hydrogen (secondary N) is 1. The predicted octanol–water partition coefficient (Wildman–Crippen LogP) is 3.10. The molecule has 3 atom stereocenters. The second kappa shape index (κ2) is 9.92. The highest BCUT2D eigenvalue weighted by atomic mass is 32.2.